The molecule has 1 rings (SSSR count). The van der Waals surface area contributed by atoms with Crippen LogP contribution in [-0.2, 0) is 17.5 Å². The Bertz CT molecular complexity index is 393. The Morgan fingerprint density at radius 2 is 2.06 bits per heavy atom. The van der Waals surface area contributed by atoms with Gasteiger partial charge in [-0.1, -0.05) is 12.1 Å². The molecular formula is C11H11ClF3NO. The second kappa shape index (κ2) is 5.91. The number of hydrogen-bond donors (Lipinski definition) is 1. The van der Waals surface area contributed by atoms with Crippen molar-refractivity contribution in [2.24, 2.45) is 0 Å². The fourth-order valence-electron chi connectivity index (χ4n) is 1.23. The number of hydrogen-bond acceptors (Lipinski definition) is 1. The van der Waals surface area contributed by atoms with Crippen LogP contribution in [0.3, 0.4) is 0 Å². The third kappa shape index (κ3) is 4.65. The normalized spacial score (nSPS) is 11.3. The van der Waals surface area contributed by atoms with Crippen LogP contribution in [0.4, 0.5) is 13.2 Å². The number of alkyl halides is 4. The fraction of sp³-hybridized carbons (Fsp3) is 0.364. The molecule has 0 unspecified atom stereocenters. The van der Waals surface area contributed by atoms with Gasteiger partial charge in [0.1, 0.15) is 0 Å². The largest absolute Gasteiger partial charge is 0.416 e. The van der Waals surface area contributed by atoms with Crippen LogP contribution in [0.25, 0.3) is 0 Å². The third-order valence-corrected chi connectivity index (χ3v) is 2.25. The lowest BCUT2D eigenvalue weighted by Crippen LogP contribution is -2.23. The van der Waals surface area contributed by atoms with Crippen LogP contribution in [0.1, 0.15) is 17.5 Å². The molecule has 0 aromatic heterocycles. The smallest absolute Gasteiger partial charge is 0.352 e. The molecule has 1 N–H and O–H groups in total. The van der Waals surface area contributed by atoms with Crippen LogP contribution in [0.2, 0.25) is 0 Å². The first-order valence-corrected chi connectivity index (χ1v) is 5.45. The number of carbonyl (C=O) groups excluding carboxylic acids is 1. The molecule has 0 bridgehead atoms. The summed E-state index contributed by atoms with van der Waals surface area (Å²) in [5.41, 5.74) is -0.315. The zero-order valence-corrected chi connectivity index (χ0v) is 9.61. The Balaban J connectivity index is 2.64. The number of rotatable bonds is 4. The van der Waals surface area contributed by atoms with Crippen LogP contribution >= 0.6 is 11.6 Å². The van der Waals surface area contributed by atoms with E-state index < -0.39 is 11.7 Å². The van der Waals surface area contributed by atoms with Crippen molar-refractivity contribution in [1.29, 1.82) is 0 Å². The van der Waals surface area contributed by atoms with Crippen molar-refractivity contribution in [3.05, 3.63) is 35.4 Å². The Labute approximate surface area is 102 Å². The highest BCUT2D eigenvalue weighted by Crippen LogP contribution is 2.29. The first kappa shape index (κ1) is 13.8. The highest BCUT2D eigenvalue weighted by Gasteiger charge is 2.30. The fourth-order valence-corrected chi connectivity index (χ4v) is 1.40. The Morgan fingerprint density at radius 1 is 1.35 bits per heavy atom. The average Bonchev–Trinajstić information content (AvgIpc) is 2.26. The molecular weight excluding hydrogens is 255 g/mol. The van der Waals surface area contributed by atoms with Crippen molar-refractivity contribution in [2.75, 3.05) is 5.88 Å². The zero-order chi connectivity index (χ0) is 12.9. The summed E-state index contributed by atoms with van der Waals surface area (Å²) in [6.07, 6.45) is -4.21. The minimum Gasteiger partial charge on any atom is -0.352 e. The van der Waals surface area contributed by atoms with Crippen LogP contribution in [0.15, 0.2) is 24.3 Å². The molecule has 1 aromatic rings. The predicted molar refractivity (Wildman–Crippen MR) is 58.6 cm³/mol. The van der Waals surface area contributed by atoms with E-state index in [0.717, 1.165) is 12.1 Å². The molecule has 0 aliphatic rings. The van der Waals surface area contributed by atoms with Crippen molar-refractivity contribution in [3.63, 3.8) is 0 Å². The zero-order valence-electron chi connectivity index (χ0n) is 8.85. The van der Waals surface area contributed by atoms with Gasteiger partial charge < -0.3 is 5.32 Å². The van der Waals surface area contributed by atoms with Gasteiger partial charge >= 0.3 is 6.18 Å². The monoisotopic (exact) mass is 265 g/mol. The lowest BCUT2D eigenvalue weighted by atomic mass is 10.1. The van der Waals surface area contributed by atoms with Crippen LogP contribution in [0.5, 0.6) is 0 Å². The molecule has 2 nitrogen and oxygen atoms in total. The molecule has 94 valence electrons. The van der Waals surface area contributed by atoms with Gasteiger partial charge in [-0.05, 0) is 17.7 Å². The molecule has 0 atom stereocenters. The summed E-state index contributed by atoms with van der Waals surface area (Å²) >= 11 is 5.35. The van der Waals surface area contributed by atoms with Crippen molar-refractivity contribution in [1.82, 2.24) is 5.32 Å². The van der Waals surface area contributed by atoms with Crippen molar-refractivity contribution in [2.45, 2.75) is 19.1 Å². The molecule has 0 saturated heterocycles. The average molecular weight is 266 g/mol. The standard InChI is InChI=1S/C11H11ClF3NO/c12-5-4-10(17)16-7-8-2-1-3-9(6-8)11(13,14)15/h1-3,6H,4-5,7H2,(H,16,17). The van der Waals surface area contributed by atoms with Gasteiger partial charge in [-0.15, -0.1) is 11.6 Å². The molecule has 0 fully saturated rings. The van der Waals surface area contributed by atoms with Gasteiger partial charge in [0, 0.05) is 18.8 Å². The van der Waals surface area contributed by atoms with Crippen molar-refractivity contribution >= 4 is 17.5 Å². The maximum absolute atomic E-state index is 12.4. The number of halogens is 4. The second-order valence-corrected chi connectivity index (χ2v) is 3.79. The number of amides is 1. The van der Waals surface area contributed by atoms with Crippen LogP contribution in [-0.4, -0.2) is 11.8 Å². The Kier molecular flexibility index (Phi) is 4.81. The Hall–Kier alpha value is -1.23. The number of benzene rings is 1. The van der Waals surface area contributed by atoms with E-state index in [1.165, 1.54) is 12.1 Å². The van der Waals surface area contributed by atoms with E-state index in [0.29, 0.717) is 5.56 Å². The molecule has 6 heteroatoms. The summed E-state index contributed by atoms with van der Waals surface area (Å²) in [7, 11) is 0. The summed E-state index contributed by atoms with van der Waals surface area (Å²) in [4.78, 5) is 11.1. The Morgan fingerprint density at radius 3 is 2.65 bits per heavy atom. The highest BCUT2D eigenvalue weighted by molar-refractivity contribution is 6.18. The van der Waals surface area contributed by atoms with Gasteiger partial charge in [-0.3, -0.25) is 4.79 Å². The lowest BCUT2D eigenvalue weighted by Gasteiger charge is -2.09. The van der Waals surface area contributed by atoms with Gasteiger partial charge in [-0.2, -0.15) is 13.2 Å². The van der Waals surface area contributed by atoms with E-state index in [2.05, 4.69) is 5.32 Å². The molecule has 17 heavy (non-hydrogen) atoms. The minimum atomic E-state index is -4.36. The van der Waals surface area contributed by atoms with Crippen molar-refractivity contribution in [3.8, 4) is 0 Å². The molecule has 0 saturated carbocycles. The summed E-state index contributed by atoms with van der Waals surface area (Å²) < 4.78 is 37.1. The van der Waals surface area contributed by atoms with Gasteiger partial charge in [-0.25, -0.2) is 0 Å². The van der Waals surface area contributed by atoms with E-state index >= 15 is 0 Å². The quantitative estimate of drug-likeness (QED) is 0.833. The van der Waals surface area contributed by atoms with E-state index in [4.69, 9.17) is 11.6 Å². The summed E-state index contributed by atoms with van der Waals surface area (Å²) in [5.74, 6) is -0.0913. The number of carbonyl (C=O) groups is 1. The SMILES string of the molecule is O=C(CCCl)NCc1cccc(C(F)(F)F)c1. The first-order valence-electron chi connectivity index (χ1n) is 4.92. The first-order chi connectivity index (χ1) is 7.93. The van der Waals surface area contributed by atoms with Crippen molar-refractivity contribution < 1.29 is 18.0 Å². The molecule has 0 spiro atoms. The van der Waals surface area contributed by atoms with E-state index in [-0.39, 0.29) is 24.8 Å². The highest BCUT2D eigenvalue weighted by atomic mass is 35.5. The van der Waals surface area contributed by atoms with Gasteiger partial charge in [0.25, 0.3) is 0 Å². The summed E-state index contributed by atoms with van der Waals surface area (Å²) in [6.45, 7) is 0.0691. The lowest BCUT2D eigenvalue weighted by molar-refractivity contribution is -0.137. The third-order valence-electron chi connectivity index (χ3n) is 2.07. The molecule has 0 heterocycles. The number of nitrogens with one attached hydrogen (secondary N) is 1. The molecule has 0 aliphatic carbocycles. The van der Waals surface area contributed by atoms with Gasteiger partial charge in [0.15, 0.2) is 0 Å². The molecule has 1 aromatic carbocycles. The topological polar surface area (TPSA) is 29.1 Å². The van der Waals surface area contributed by atoms with E-state index in [1.54, 1.807) is 0 Å². The maximum atomic E-state index is 12.4. The molecule has 0 aliphatic heterocycles. The summed E-state index contributed by atoms with van der Waals surface area (Å²) in [6, 6.07) is 4.84. The summed E-state index contributed by atoms with van der Waals surface area (Å²) in [5, 5.41) is 2.49. The van der Waals surface area contributed by atoms with E-state index in [9.17, 15) is 18.0 Å². The maximum Gasteiger partial charge on any atom is 0.416 e. The molecule has 1 amide bonds. The van der Waals surface area contributed by atoms with Crippen LogP contribution in [0, 0.1) is 0 Å². The van der Waals surface area contributed by atoms with Gasteiger partial charge in [0.05, 0.1) is 5.56 Å². The predicted octanol–water partition coefficient (Wildman–Crippen LogP) is 2.95. The van der Waals surface area contributed by atoms with Gasteiger partial charge in [0.2, 0.25) is 5.91 Å². The minimum absolute atomic E-state index is 0.0691. The van der Waals surface area contributed by atoms with E-state index in [1.807, 2.05) is 0 Å². The second-order valence-electron chi connectivity index (χ2n) is 3.41. The van der Waals surface area contributed by atoms with Crippen LogP contribution < -0.4 is 5.32 Å². The molecule has 0 radical (unpaired) electrons.